The Balaban J connectivity index is 2.61. The molecule has 94 valence electrons. The molecule has 1 atom stereocenters. The van der Waals surface area contributed by atoms with Crippen LogP contribution >= 0.6 is 0 Å². The van der Waals surface area contributed by atoms with Crippen molar-refractivity contribution < 1.29 is 4.79 Å². The van der Waals surface area contributed by atoms with Crippen molar-refractivity contribution in [3.63, 3.8) is 0 Å². The topological polar surface area (TPSA) is 75.6 Å². The minimum atomic E-state index is -0.939. The molecule has 1 heterocycles. The average Bonchev–Trinajstić information content (AvgIpc) is 2.10. The molecule has 4 N–H and O–H groups in total. The zero-order valence-electron chi connectivity index (χ0n) is 10.8. The second kappa shape index (κ2) is 4.31. The van der Waals surface area contributed by atoms with Crippen LogP contribution in [-0.4, -0.2) is 60.0 Å². The summed E-state index contributed by atoms with van der Waals surface area (Å²) in [6, 6.07) is 0. The van der Waals surface area contributed by atoms with E-state index in [0.29, 0.717) is 6.54 Å². The molecule has 1 unspecified atom stereocenters. The van der Waals surface area contributed by atoms with Gasteiger partial charge in [-0.3, -0.25) is 14.6 Å². The lowest BCUT2D eigenvalue weighted by Crippen LogP contribution is -2.63. The predicted molar refractivity (Wildman–Crippen MR) is 64.9 cm³/mol. The molecule has 1 rings (SSSR count). The van der Waals surface area contributed by atoms with E-state index in [-0.39, 0.29) is 5.54 Å². The number of primary amides is 1. The van der Waals surface area contributed by atoms with E-state index in [1.807, 2.05) is 0 Å². The van der Waals surface area contributed by atoms with Crippen LogP contribution in [0.3, 0.4) is 0 Å². The molecule has 16 heavy (non-hydrogen) atoms. The van der Waals surface area contributed by atoms with Crippen LogP contribution in [-0.2, 0) is 4.79 Å². The van der Waals surface area contributed by atoms with Crippen molar-refractivity contribution in [1.82, 2.24) is 9.80 Å². The highest BCUT2D eigenvalue weighted by molar-refractivity contribution is 5.84. The summed E-state index contributed by atoms with van der Waals surface area (Å²) < 4.78 is 0. The first-order valence-corrected chi connectivity index (χ1v) is 5.67. The SMILES string of the molecule is CN1CCN(CC(C)(N)C(N)=O)CC1(C)C. The van der Waals surface area contributed by atoms with Crippen molar-refractivity contribution in [2.24, 2.45) is 11.5 Å². The van der Waals surface area contributed by atoms with Gasteiger partial charge >= 0.3 is 0 Å². The van der Waals surface area contributed by atoms with Crippen LogP contribution in [0.1, 0.15) is 20.8 Å². The molecule has 0 bridgehead atoms. The minimum absolute atomic E-state index is 0.117. The van der Waals surface area contributed by atoms with E-state index >= 15 is 0 Å². The number of carbonyl (C=O) groups is 1. The number of likely N-dealkylation sites (N-methyl/N-ethyl adjacent to an activating group) is 1. The van der Waals surface area contributed by atoms with Gasteiger partial charge in [-0.25, -0.2) is 0 Å². The number of hydrogen-bond acceptors (Lipinski definition) is 4. The third-order valence-corrected chi connectivity index (χ3v) is 3.51. The average molecular weight is 228 g/mol. The number of nitrogens with two attached hydrogens (primary N) is 2. The van der Waals surface area contributed by atoms with Gasteiger partial charge in [0, 0.05) is 31.7 Å². The number of amides is 1. The number of carbonyl (C=O) groups excluding carboxylic acids is 1. The van der Waals surface area contributed by atoms with Gasteiger partial charge in [-0.15, -0.1) is 0 Å². The monoisotopic (exact) mass is 228 g/mol. The quantitative estimate of drug-likeness (QED) is 0.664. The summed E-state index contributed by atoms with van der Waals surface area (Å²) in [7, 11) is 2.12. The molecule has 0 aromatic heterocycles. The maximum absolute atomic E-state index is 11.2. The van der Waals surface area contributed by atoms with Crippen molar-refractivity contribution >= 4 is 5.91 Å². The summed E-state index contributed by atoms with van der Waals surface area (Å²) in [5, 5.41) is 0. The Morgan fingerprint density at radius 2 is 2.00 bits per heavy atom. The van der Waals surface area contributed by atoms with Crippen LogP contribution in [0.5, 0.6) is 0 Å². The Hall–Kier alpha value is -0.650. The summed E-state index contributed by atoms with van der Waals surface area (Å²) >= 11 is 0. The first-order valence-electron chi connectivity index (χ1n) is 5.67. The molecular weight excluding hydrogens is 204 g/mol. The summed E-state index contributed by atoms with van der Waals surface area (Å²) in [4.78, 5) is 15.7. The maximum atomic E-state index is 11.2. The molecule has 1 amide bonds. The van der Waals surface area contributed by atoms with Gasteiger partial charge in [0.1, 0.15) is 5.54 Å². The fourth-order valence-electron chi connectivity index (χ4n) is 2.02. The molecule has 0 spiro atoms. The lowest BCUT2D eigenvalue weighted by molar-refractivity contribution is -0.123. The summed E-state index contributed by atoms with van der Waals surface area (Å²) in [5.74, 6) is -0.441. The maximum Gasteiger partial charge on any atom is 0.238 e. The Morgan fingerprint density at radius 3 is 2.44 bits per heavy atom. The van der Waals surface area contributed by atoms with Crippen molar-refractivity contribution in [2.45, 2.75) is 31.8 Å². The van der Waals surface area contributed by atoms with Crippen LogP contribution in [0, 0.1) is 0 Å². The third kappa shape index (κ3) is 2.93. The van der Waals surface area contributed by atoms with Crippen LogP contribution in [0.25, 0.3) is 0 Å². The molecule has 1 aliphatic heterocycles. The molecule has 1 saturated heterocycles. The Bertz CT molecular complexity index is 275. The molecule has 0 saturated carbocycles. The van der Waals surface area contributed by atoms with Crippen LogP contribution in [0.2, 0.25) is 0 Å². The minimum Gasteiger partial charge on any atom is -0.368 e. The second-order valence-electron chi connectivity index (χ2n) is 5.73. The highest BCUT2D eigenvalue weighted by Crippen LogP contribution is 2.19. The van der Waals surface area contributed by atoms with E-state index in [1.54, 1.807) is 6.92 Å². The molecule has 1 fully saturated rings. The first-order chi connectivity index (χ1) is 7.15. The van der Waals surface area contributed by atoms with Gasteiger partial charge in [0.2, 0.25) is 5.91 Å². The van der Waals surface area contributed by atoms with Gasteiger partial charge in [0.05, 0.1) is 0 Å². The van der Waals surface area contributed by atoms with E-state index in [9.17, 15) is 4.79 Å². The second-order valence-corrected chi connectivity index (χ2v) is 5.73. The van der Waals surface area contributed by atoms with E-state index in [4.69, 9.17) is 11.5 Å². The fourth-order valence-corrected chi connectivity index (χ4v) is 2.02. The normalized spacial score (nSPS) is 26.3. The molecule has 0 aromatic carbocycles. The number of piperazine rings is 1. The summed E-state index contributed by atoms with van der Waals surface area (Å²) in [6.07, 6.45) is 0. The standard InChI is InChI=1S/C11H24N4O/c1-10(2)7-15(6-5-14(10)4)8-11(3,13)9(12)16/h5-8,13H2,1-4H3,(H2,12,16). The van der Waals surface area contributed by atoms with Crippen LogP contribution in [0.15, 0.2) is 0 Å². The van der Waals surface area contributed by atoms with Crippen molar-refractivity contribution in [3.8, 4) is 0 Å². The van der Waals surface area contributed by atoms with Crippen molar-refractivity contribution in [1.29, 1.82) is 0 Å². The van der Waals surface area contributed by atoms with E-state index < -0.39 is 11.4 Å². The van der Waals surface area contributed by atoms with E-state index in [1.165, 1.54) is 0 Å². The van der Waals surface area contributed by atoms with Gasteiger partial charge in [-0.1, -0.05) is 0 Å². The van der Waals surface area contributed by atoms with Gasteiger partial charge in [-0.2, -0.15) is 0 Å². The molecule has 5 nitrogen and oxygen atoms in total. The smallest absolute Gasteiger partial charge is 0.238 e. The van der Waals surface area contributed by atoms with Gasteiger partial charge < -0.3 is 11.5 Å². The van der Waals surface area contributed by atoms with Gasteiger partial charge in [0.25, 0.3) is 0 Å². The number of hydrogen-bond donors (Lipinski definition) is 2. The van der Waals surface area contributed by atoms with Crippen LogP contribution in [0.4, 0.5) is 0 Å². The van der Waals surface area contributed by atoms with E-state index in [2.05, 4.69) is 30.7 Å². The molecule has 0 aliphatic carbocycles. The predicted octanol–water partition coefficient (Wildman–Crippen LogP) is -0.785. The third-order valence-electron chi connectivity index (χ3n) is 3.51. The Kier molecular flexibility index (Phi) is 3.62. The zero-order valence-corrected chi connectivity index (χ0v) is 10.8. The zero-order chi connectivity index (χ0) is 12.6. The highest BCUT2D eigenvalue weighted by atomic mass is 16.1. The van der Waals surface area contributed by atoms with Gasteiger partial charge in [-0.05, 0) is 27.8 Å². The number of nitrogens with zero attached hydrogens (tertiary/aromatic N) is 2. The Morgan fingerprint density at radius 1 is 1.44 bits per heavy atom. The first kappa shape index (κ1) is 13.4. The molecule has 0 aromatic rings. The fraction of sp³-hybridized carbons (Fsp3) is 0.909. The lowest BCUT2D eigenvalue weighted by Gasteiger charge is -2.46. The molecule has 5 heteroatoms. The molecular formula is C11H24N4O. The summed E-state index contributed by atoms with van der Waals surface area (Å²) in [6.45, 7) is 9.43. The van der Waals surface area contributed by atoms with E-state index in [0.717, 1.165) is 19.6 Å². The Labute approximate surface area is 97.7 Å². The number of rotatable bonds is 3. The van der Waals surface area contributed by atoms with Gasteiger partial charge in [0.15, 0.2) is 0 Å². The lowest BCUT2D eigenvalue weighted by atomic mass is 9.96. The highest BCUT2D eigenvalue weighted by Gasteiger charge is 2.35. The molecule has 1 aliphatic rings. The largest absolute Gasteiger partial charge is 0.368 e. The summed E-state index contributed by atoms with van der Waals surface area (Å²) in [5.41, 5.74) is 10.3. The molecule has 0 radical (unpaired) electrons. The van der Waals surface area contributed by atoms with Crippen LogP contribution < -0.4 is 11.5 Å². The van der Waals surface area contributed by atoms with Crippen molar-refractivity contribution in [3.05, 3.63) is 0 Å². The van der Waals surface area contributed by atoms with Crippen molar-refractivity contribution in [2.75, 3.05) is 33.2 Å².